The second-order valence-corrected chi connectivity index (χ2v) is 4.70. The molecule has 0 spiro atoms. The van der Waals surface area contributed by atoms with Gasteiger partial charge in [-0.1, -0.05) is 0 Å². The molecule has 0 radical (unpaired) electrons. The molecule has 0 aromatic carbocycles. The van der Waals surface area contributed by atoms with E-state index in [4.69, 9.17) is 5.11 Å². The van der Waals surface area contributed by atoms with Crippen molar-refractivity contribution in [3.05, 3.63) is 23.8 Å². The number of carboxylic acids is 1. The van der Waals surface area contributed by atoms with E-state index in [0.29, 0.717) is 12.1 Å². The summed E-state index contributed by atoms with van der Waals surface area (Å²) in [4.78, 5) is 32.3. The summed E-state index contributed by atoms with van der Waals surface area (Å²) >= 11 is 0. The molecule has 1 atom stereocenters. The number of aliphatic carboxylic acids is 1. The van der Waals surface area contributed by atoms with Crippen molar-refractivity contribution >= 4 is 11.9 Å². The third-order valence-corrected chi connectivity index (χ3v) is 3.32. The Kier molecular flexibility index (Phi) is 4.09. The average Bonchev–Trinajstić information content (AvgIpc) is 2.86. The number of aromatic nitrogens is 2. The Balaban J connectivity index is 2.05. The van der Waals surface area contributed by atoms with E-state index in [1.54, 1.807) is 24.2 Å². The van der Waals surface area contributed by atoms with E-state index in [0.717, 1.165) is 25.1 Å². The Bertz CT molecular complexity index is 473. The molecular formula is C13H17N3O3. The number of carbonyl (C=O) groups excluding carboxylic acids is 1. The van der Waals surface area contributed by atoms with Crippen LogP contribution in [0, 0.1) is 0 Å². The quantitative estimate of drug-likeness (QED) is 0.881. The van der Waals surface area contributed by atoms with Crippen molar-refractivity contribution in [1.82, 2.24) is 14.9 Å². The highest BCUT2D eigenvalue weighted by molar-refractivity contribution is 5.74. The number of carboxylic acid groups (broad SMARTS) is 1. The Labute approximate surface area is 111 Å². The van der Waals surface area contributed by atoms with Gasteiger partial charge in [0.15, 0.2) is 0 Å². The number of aryl methyl sites for hydroxylation is 1. The lowest BCUT2D eigenvalue weighted by Gasteiger charge is -2.22. The van der Waals surface area contributed by atoms with Gasteiger partial charge in [0.2, 0.25) is 5.91 Å². The van der Waals surface area contributed by atoms with Crippen molar-refractivity contribution in [2.24, 2.45) is 0 Å². The molecule has 1 aromatic heterocycles. The molecule has 0 unspecified atom stereocenters. The highest BCUT2D eigenvalue weighted by Gasteiger charge is 2.28. The molecule has 1 aliphatic heterocycles. The van der Waals surface area contributed by atoms with E-state index in [-0.39, 0.29) is 18.4 Å². The lowest BCUT2D eigenvalue weighted by Crippen LogP contribution is -2.28. The highest BCUT2D eigenvalue weighted by Crippen LogP contribution is 2.30. The van der Waals surface area contributed by atoms with E-state index in [2.05, 4.69) is 9.97 Å². The summed E-state index contributed by atoms with van der Waals surface area (Å²) in [6, 6.07) is 0.0125. The largest absolute Gasteiger partial charge is 0.481 e. The third kappa shape index (κ3) is 3.27. The summed E-state index contributed by atoms with van der Waals surface area (Å²) < 4.78 is 0. The van der Waals surface area contributed by atoms with E-state index < -0.39 is 5.97 Å². The van der Waals surface area contributed by atoms with Crippen LogP contribution in [-0.4, -0.2) is 38.4 Å². The molecule has 102 valence electrons. The number of carbonyl (C=O) groups is 2. The van der Waals surface area contributed by atoms with Gasteiger partial charge in [0.1, 0.15) is 0 Å². The Morgan fingerprint density at radius 1 is 1.42 bits per heavy atom. The molecule has 2 rings (SSSR count). The van der Waals surface area contributed by atoms with Crippen LogP contribution in [-0.2, 0) is 16.0 Å². The molecule has 6 heteroatoms. The number of nitrogens with zero attached hydrogens (tertiary/aromatic N) is 3. The molecule has 6 nitrogen and oxygen atoms in total. The Morgan fingerprint density at radius 3 is 2.79 bits per heavy atom. The first-order valence-corrected chi connectivity index (χ1v) is 6.37. The molecule has 0 saturated carbocycles. The number of rotatable bonds is 4. The van der Waals surface area contributed by atoms with Gasteiger partial charge in [0.25, 0.3) is 0 Å². The molecule has 1 fully saturated rings. The highest BCUT2D eigenvalue weighted by atomic mass is 16.4. The maximum atomic E-state index is 11.5. The smallest absolute Gasteiger partial charge is 0.303 e. The van der Waals surface area contributed by atoms with E-state index in [1.165, 1.54) is 0 Å². The fourth-order valence-electron chi connectivity index (χ4n) is 2.35. The van der Waals surface area contributed by atoms with Crippen LogP contribution in [0.25, 0.3) is 0 Å². The van der Waals surface area contributed by atoms with Crippen LogP contribution < -0.4 is 0 Å². The van der Waals surface area contributed by atoms with Crippen LogP contribution >= 0.6 is 0 Å². The predicted molar refractivity (Wildman–Crippen MR) is 67.4 cm³/mol. The fraction of sp³-hybridized carbons (Fsp3) is 0.538. The summed E-state index contributed by atoms with van der Waals surface area (Å²) in [5.41, 5.74) is 1.45. The third-order valence-electron chi connectivity index (χ3n) is 3.32. The maximum absolute atomic E-state index is 11.5. The predicted octanol–water partition coefficient (Wildman–Crippen LogP) is 1.18. The molecule has 1 aromatic rings. The maximum Gasteiger partial charge on any atom is 0.303 e. The minimum Gasteiger partial charge on any atom is -0.481 e. The zero-order valence-electron chi connectivity index (χ0n) is 10.9. The van der Waals surface area contributed by atoms with Gasteiger partial charge in [0.05, 0.1) is 30.0 Å². The molecule has 19 heavy (non-hydrogen) atoms. The SMILES string of the molecule is CC(=O)N1CCC[C@H]1c1cnc(CCC(=O)O)cn1. The lowest BCUT2D eigenvalue weighted by molar-refractivity contribution is -0.137. The molecule has 1 amide bonds. The van der Waals surface area contributed by atoms with Crippen molar-refractivity contribution in [2.75, 3.05) is 6.54 Å². The van der Waals surface area contributed by atoms with Crippen molar-refractivity contribution < 1.29 is 14.7 Å². The number of hydrogen-bond acceptors (Lipinski definition) is 4. The van der Waals surface area contributed by atoms with Crippen LogP contribution in [0.15, 0.2) is 12.4 Å². The van der Waals surface area contributed by atoms with Gasteiger partial charge in [-0.2, -0.15) is 0 Å². The van der Waals surface area contributed by atoms with Crippen LogP contribution in [0.4, 0.5) is 0 Å². The molecule has 1 aliphatic rings. The monoisotopic (exact) mass is 263 g/mol. The first kappa shape index (κ1) is 13.5. The number of hydrogen-bond donors (Lipinski definition) is 1. The second-order valence-electron chi connectivity index (χ2n) is 4.70. The normalized spacial score (nSPS) is 18.6. The minimum absolute atomic E-state index is 0.0125. The summed E-state index contributed by atoms with van der Waals surface area (Å²) in [5.74, 6) is -0.788. The van der Waals surface area contributed by atoms with Crippen LogP contribution in [0.2, 0.25) is 0 Å². The molecule has 1 N–H and O–H groups in total. The molecule has 2 heterocycles. The molecule has 1 saturated heterocycles. The van der Waals surface area contributed by atoms with E-state index in [9.17, 15) is 9.59 Å². The van der Waals surface area contributed by atoms with E-state index in [1.807, 2.05) is 0 Å². The Hall–Kier alpha value is -1.98. The van der Waals surface area contributed by atoms with Gasteiger partial charge in [-0.05, 0) is 12.8 Å². The standard InChI is InChI=1S/C13H17N3O3/c1-9(17)16-6-2-3-12(16)11-8-14-10(7-15-11)4-5-13(18)19/h7-8,12H,2-6H2,1H3,(H,18,19)/t12-/m0/s1. The Morgan fingerprint density at radius 2 is 2.21 bits per heavy atom. The zero-order valence-corrected chi connectivity index (χ0v) is 10.9. The van der Waals surface area contributed by atoms with Crippen molar-refractivity contribution in [3.8, 4) is 0 Å². The van der Waals surface area contributed by atoms with Crippen LogP contribution in [0.5, 0.6) is 0 Å². The van der Waals surface area contributed by atoms with Gasteiger partial charge in [-0.25, -0.2) is 0 Å². The fourth-order valence-corrected chi connectivity index (χ4v) is 2.35. The van der Waals surface area contributed by atoms with Gasteiger partial charge >= 0.3 is 5.97 Å². The van der Waals surface area contributed by atoms with Gasteiger partial charge < -0.3 is 10.0 Å². The molecule has 0 bridgehead atoms. The molecular weight excluding hydrogens is 246 g/mol. The van der Waals surface area contributed by atoms with Crippen molar-refractivity contribution in [2.45, 2.75) is 38.6 Å². The second kappa shape index (κ2) is 5.77. The number of likely N-dealkylation sites (tertiary alicyclic amines) is 1. The number of amides is 1. The van der Waals surface area contributed by atoms with Crippen molar-refractivity contribution in [3.63, 3.8) is 0 Å². The van der Waals surface area contributed by atoms with Gasteiger partial charge in [-0.15, -0.1) is 0 Å². The average molecular weight is 263 g/mol. The van der Waals surface area contributed by atoms with Crippen LogP contribution in [0.1, 0.15) is 43.6 Å². The minimum atomic E-state index is -0.843. The summed E-state index contributed by atoms with van der Waals surface area (Å²) in [5, 5.41) is 8.61. The topological polar surface area (TPSA) is 83.4 Å². The first-order valence-electron chi connectivity index (χ1n) is 6.37. The summed E-state index contributed by atoms with van der Waals surface area (Å²) in [6.07, 6.45) is 5.58. The van der Waals surface area contributed by atoms with Crippen LogP contribution in [0.3, 0.4) is 0 Å². The summed E-state index contributed by atoms with van der Waals surface area (Å²) in [7, 11) is 0. The van der Waals surface area contributed by atoms with Crippen molar-refractivity contribution in [1.29, 1.82) is 0 Å². The zero-order chi connectivity index (χ0) is 13.8. The van der Waals surface area contributed by atoms with Gasteiger partial charge in [-0.3, -0.25) is 19.6 Å². The van der Waals surface area contributed by atoms with Gasteiger partial charge in [0, 0.05) is 26.1 Å². The van der Waals surface area contributed by atoms with E-state index >= 15 is 0 Å². The summed E-state index contributed by atoms with van der Waals surface area (Å²) in [6.45, 7) is 2.33. The first-order chi connectivity index (χ1) is 9.08. The molecule has 0 aliphatic carbocycles. The lowest BCUT2D eigenvalue weighted by atomic mass is 10.1.